The lowest BCUT2D eigenvalue weighted by atomic mass is 10.0. The molecule has 0 saturated heterocycles. The molecular formula is C21H23NO4. The molecule has 26 heavy (non-hydrogen) atoms. The summed E-state index contributed by atoms with van der Waals surface area (Å²) in [5.74, 6) is -0.542. The Morgan fingerprint density at radius 2 is 1.50 bits per heavy atom. The number of esters is 1. The second-order valence-corrected chi connectivity index (χ2v) is 6.26. The zero-order valence-electron chi connectivity index (χ0n) is 15.2. The fourth-order valence-corrected chi connectivity index (χ4v) is 2.29. The van der Waals surface area contributed by atoms with Gasteiger partial charge in [0.1, 0.15) is 0 Å². The molecule has 0 heterocycles. The Kier molecular flexibility index (Phi) is 6.67. The summed E-state index contributed by atoms with van der Waals surface area (Å²) in [7, 11) is 0. The van der Waals surface area contributed by atoms with Crippen LogP contribution in [0, 0.1) is 0 Å². The minimum Gasteiger partial charge on any atom is -0.454 e. The van der Waals surface area contributed by atoms with Gasteiger partial charge in [0.25, 0.3) is 0 Å². The molecule has 2 aromatic rings. The van der Waals surface area contributed by atoms with Gasteiger partial charge in [0.15, 0.2) is 12.4 Å². The lowest BCUT2D eigenvalue weighted by Crippen LogP contribution is -2.14. The SMILES string of the molecule is CCC(=O)Nc1ccc(C(=O)COC(=O)c2ccc(C(C)C)cc2)cc1. The highest BCUT2D eigenvalue weighted by molar-refractivity contribution is 6.00. The van der Waals surface area contributed by atoms with Crippen LogP contribution in [0.15, 0.2) is 48.5 Å². The summed E-state index contributed by atoms with van der Waals surface area (Å²) >= 11 is 0. The van der Waals surface area contributed by atoms with E-state index < -0.39 is 5.97 Å². The first-order valence-electron chi connectivity index (χ1n) is 8.61. The summed E-state index contributed by atoms with van der Waals surface area (Å²) in [6.07, 6.45) is 0.384. The molecule has 0 bridgehead atoms. The summed E-state index contributed by atoms with van der Waals surface area (Å²) in [5, 5.41) is 2.71. The van der Waals surface area contributed by atoms with E-state index in [1.54, 1.807) is 43.3 Å². The van der Waals surface area contributed by atoms with Gasteiger partial charge in [0.2, 0.25) is 5.91 Å². The first-order chi connectivity index (χ1) is 12.4. The van der Waals surface area contributed by atoms with Crippen LogP contribution in [0.4, 0.5) is 5.69 Å². The Morgan fingerprint density at radius 3 is 2.04 bits per heavy atom. The average molecular weight is 353 g/mol. The van der Waals surface area contributed by atoms with Gasteiger partial charge in [-0.05, 0) is 47.9 Å². The number of carbonyl (C=O) groups is 3. The van der Waals surface area contributed by atoms with Crippen molar-refractivity contribution in [1.82, 2.24) is 0 Å². The van der Waals surface area contributed by atoms with Crippen LogP contribution in [0.5, 0.6) is 0 Å². The largest absolute Gasteiger partial charge is 0.454 e. The average Bonchev–Trinajstić information content (AvgIpc) is 2.66. The second-order valence-electron chi connectivity index (χ2n) is 6.26. The minimum absolute atomic E-state index is 0.0958. The monoisotopic (exact) mass is 353 g/mol. The molecule has 0 radical (unpaired) electrons. The zero-order valence-corrected chi connectivity index (χ0v) is 15.2. The number of rotatable bonds is 7. The van der Waals surface area contributed by atoms with E-state index in [2.05, 4.69) is 19.2 Å². The van der Waals surface area contributed by atoms with Crippen molar-refractivity contribution in [3.05, 3.63) is 65.2 Å². The molecule has 0 unspecified atom stereocenters. The van der Waals surface area contributed by atoms with Crippen molar-refractivity contribution in [2.75, 3.05) is 11.9 Å². The van der Waals surface area contributed by atoms with Gasteiger partial charge in [0, 0.05) is 17.7 Å². The van der Waals surface area contributed by atoms with Gasteiger partial charge < -0.3 is 10.1 Å². The summed E-state index contributed by atoms with van der Waals surface area (Å²) in [6.45, 7) is 5.58. The molecule has 2 rings (SSSR count). The maximum Gasteiger partial charge on any atom is 0.338 e. The molecule has 0 saturated carbocycles. The molecule has 0 aliphatic rings. The Hall–Kier alpha value is -2.95. The van der Waals surface area contributed by atoms with E-state index in [1.165, 1.54) is 0 Å². The van der Waals surface area contributed by atoms with Crippen LogP contribution >= 0.6 is 0 Å². The molecular weight excluding hydrogens is 330 g/mol. The number of ketones is 1. The highest BCUT2D eigenvalue weighted by atomic mass is 16.5. The lowest BCUT2D eigenvalue weighted by molar-refractivity contribution is -0.115. The van der Waals surface area contributed by atoms with E-state index in [-0.39, 0.29) is 18.3 Å². The highest BCUT2D eigenvalue weighted by Gasteiger charge is 2.12. The molecule has 1 N–H and O–H groups in total. The first kappa shape index (κ1) is 19.4. The normalized spacial score (nSPS) is 10.5. The quantitative estimate of drug-likeness (QED) is 0.598. The number of hydrogen-bond acceptors (Lipinski definition) is 4. The third-order valence-electron chi connectivity index (χ3n) is 3.96. The molecule has 0 spiro atoms. The summed E-state index contributed by atoms with van der Waals surface area (Å²) < 4.78 is 5.10. The number of Topliss-reactive ketones (excluding diaryl/α,β-unsaturated/α-hetero) is 1. The molecule has 0 aliphatic carbocycles. The van der Waals surface area contributed by atoms with Gasteiger partial charge in [-0.2, -0.15) is 0 Å². The molecule has 5 heteroatoms. The maximum atomic E-state index is 12.1. The number of amides is 1. The first-order valence-corrected chi connectivity index (χ1v) is 8.61. The zero-order chi connectivity index (χ0) is 19.1. The predicted octanol–water partition coefficient (Wildman–Crippen LogP) is 4.20. The second kappa shape index (κ2) is 8.94. The van der Waals surface area contributed by atoms with E-state index in [1.807, 2.05) is 12.1 Å². The summed E-state index contributed by atoms with van der Waals surface area (Å²) in [6, 6.07) is 13.7. The van der Waals surface area contributed by atoms with Crippen LogP contribution in [0.2, 0.25) is 0 Å². The van der Waals surface area contributed by atoms with E-state index >= 15 is 0 Å². The van der Waals surface area contributed by atoms with Crippen molar-refractivity contribution in [3.63, 3.8) is 0 Å². The highest BCUT2D eigenvalue weighted by Crippen LogP contribution is 2.15. The van der Waals surface area contributed by atoms with Crippen LogP contribution in [0.1, 0.15) is 59.4 Å². The van der Waals surface area contributed by atoms with Gasteiger partial charge in [-0.25, -0.2) is 4.79 Å². The van der Waals surface area contributed by atoms with Gasteiger partial charge in [0.05, 0.1) is 5.56 Å². The lowest BCUT2D eigenvalue weighted by Gasteiger charge is -2.08. The summed E-state index contributed by atoms with van der Waals surface area (Å²) in [4.78, 5) is 35.5. The number of benzene rings is 2. The van der Waals surface area contributed by atoms with Crippen molar-refractivity contribution in [1.29, 1.82) is 0 Å². The molecule has 5 nitrogen and oxygen atoms in total. The number of anilines is 1. The van der Waals surface area contributed by atoms with Crippen LogP contribution in [0.25, 0.3) is 0 Å². The van der Waals surface area contributed by atoms with Crippen LogP contribution in [-0.4, -0.2) is 24.3 Å². The Bertz CT molecular complexity index is 777. The van der Waals surface area contributed by atoms with Gasteiger partial charge in [-0.3, -0.25) is 9.59 Å². The molecule has 1 amide bonds. The Labute approximate surface area is 153 Å². The number of hydrogen-bond donors (Lipinski definition) is 1. The van der Waals surface area contributed by atoms with Crippen molar-refractivity contribution in [2.24, 2.45) is 0 Å². The smallest absolute Gasteiger partial charge is 0.338 e. The molecule has 2 aromatic carbocycles. The van der Waals surface area contributed by atoms with E-state index in [9.17, 15) is 14.4 Å². The van der Waals surface area contributed by atoms with Crippen molar-refractivity contribution in [2.45, 2.75) is 33.1 Å². The Morgan fingerprint density at radius 1 is 0.923 bits per heavy atom. The van der Waals surface area contributed by atoms with Crippen molar-refractivity contribution >= 4 is 23.3 Å². The number of nitrogens with one attached hydrogen (secondary N) is 1. The minimum atomic E-state index is -0.527. The van der Waals surface area contributed by atoms with Gasteiger partial charge >= 0.3 is 5.97 Å². The van der Waals surface area contributed by atoms with Crippen LogP contribution < -0.4 is 5.32 Å². The van der Waals surface area contributed by atoms with E-state index in [0.717, 1.165) is 5.56 Å². The molecule has 0 fully saturated rings. The molecule has 0 atom stereocenters. The standard InChI is InChI=1S/C21H23NO4/c1-4-20(24)22-18-11-9-16(10-12-18)19(23)13-26-21(25)17-7-5-15(6-8-17)14(2)3/h5-12,14H,4,13H2,1-3H3,(H,22,24). The fourth-order valence-electron chi connectivity index (χ4n) is 2.29. The third-order valence-corrected chi connectivity index (χ3v) is 3.96. The topological polar surface area (TPSA) is 72.5 Å². The van der Waals surface area contributed by atoms with Crippen LogP contribution in [-0.2, 0) is 9.53 Å². The van der Waals surface area contributed by atoms with Crippen molar-refractivity contribution in [3.8, 4) is 0 Å². The fraction of sp³-hybridized carbons (Fsp3) is 0.286. The van der Waals surface area contributed by atoms with E-state index in [0.29, 0.717) is 29.2 Å². The Balaban J connectivity index is 1.91. The molecule has 136 valence electrons. The van der Waals surface area contributed by atoms with Crippen LogP contribution in [0.3, 0.4) is 0 Å². The number of carbonyl (C=O) groups excluding carboxylic acids is 3. The molecule has 0 aromatic heterocycles. The molecule has 0 aliphatic heterocycles. The van der Waals surface area contributed by atoms with E-state index in [4.69, 9.17) is 4.74 Å². The predicted molar refractivity (Wildman–Crippen MR) is 101 cm³/mol. The van der Waals surface area contributed by atoms with Gasteiger partial charge in [-0.15, -0.1) is 0 Å². The summed E-state index contributed by atoms with van der Waals surface area (Å²) in [5.41, 5.74) is 2.59. The van der Waals surface area contributed by atoms with Crippen molar-refractivity contribution < 1.29 is 19.1 Å². The maximum absolute atomic E-state index is 12.1. The van der Waals surface area contributed by atoms with Gasteiger partial charge in [-0.1, -0.05) is 32.9 Å². The third kappa shape index (κ3) is 5.28. The number of ether oxygens (including phenoxy) is 1.